The normalized spacial score (nSPS) is 16.8. The van der Waals surface area contributed by atoms with Crippen LogP contribution in [0.5, 0.6) is 0 Å². The van der Waals surface area contributed by atoms with Crippen LogP contribution < -0.4 is 5.32 Å². The lowest BCUT2D eigenvalue weighted by Gasteiger charge is -2.09. The Balaban J connectivity index is 1.83. The van der Waals surface area contributed by atoms with Crippen molar-refractivity contribution in [3.63, 3.8) is 0 Å². The van der Waals surface area contributed by atoms with Crippen molar-refractivity contribution in [2.24, 2.45) is 0 Å². The van der Waals surface area contributed by atoms with Crippen molar-refractivity contribution in [3.05, 3.63) is 30.1 Å². The second-order valence-electron chi connectivity index (χ2n) is 3.89. The Morgan fingerprint density at radius 2 is 2.38 bits per heavy atom. The van der Waals surface area contributed by atoms with E-state index in [1.165, 1.54) is 36.7 Å². The van der Waals surface area contributed by atoms with Crippen LogP contribution in [-0.4, -0.2) is 17.8 Å². The maximum Gasteiger partial charge on any atom is 0.124 e. The number of benzene rings is 1. The van der Waals surface area contributed by atoms with Crippen LogP contribution in [-0.2, 0) is 0 Å². The summed E-state index contributed by atoms with van der Waals surface area (Å²) in [5.41, 5.74) is 0. The van der Waals surface area contributed by atoms with Gasteiger partial charge in [-0.25, -0.2) is 4.39 Å². The summed E-state index contributed by atoms with van der Waals surface area (Å²) in [6.07, 6.45) is 2.34. The van der Waals surface area contributed by atoms with Gasteiger partial charge in [0.1, 0.15) is 11.9 Å². The van der Waals surface area contributed by atoms with Gasteiger partial charge >= 0.3 is 0 Å². The van der Waals surface area contributed by atoms with Crippen LogP contribution in [0.3, 0.4) is 0 Å². The molecule has 0 amide bonds. The van der Waals surface area contributed by atoms with Gasteiger partial charge in [0.25, 0.3) is 0 Å². The van der Waals surface area contributed by atoms with Crippen LogP contribution >= 0.6 is 11.8 Å². The molecule has 1 unspecified atom stereocenters. The number of thioether (sulfide) groups is 1. The van der Waals surface area contributed by atoms with Crippen molar-refractivity contribution in [2.75, 3.05) is 5.75 Å². The molecule has 0 bridgehead atoms. The number of nitrogens with one attached hydrogen (secondary N) is 1. The summed E-state index contributed by atoms with van der Waals surface area (Å²) in [7, 11) is 0. The highest BCUT2D eigenvalue weighted by molar-refractivity contribution is 7.99. The molecule has 1 aromatic rings. The molecule has 1 fully saturated rings. The van der Waals surface area contributed by atoms with E-state index < -0.39 is 0 Å². The molecule has 0 heterocycles. The van der Waals surface area contributed by atoms with Crippen molar-refractivity contribution in [1.82, 2.24) is 5.32 Å². The minimum atomic E-state index is -0.228. The second kappa shape index (κ2) is 5.33. The highest BCUT2D eigenvalue weighted by Crippen LogP contribution is 2.22. The van der Waals surface area contributed by atoms with E-state index in [0.29, 0.717) is 11.8 Å². The van der Waals surface area contributed by atoms with Gasteiger partial charge in [-0.15, -0.1) is 11.8 Å². The lowest BCUT2D eigenvalue weighted by atomic mass is 10.3. The van der Waals surface area contributed by atoms with E-state index in [4.69, 9.17) is 5.26 Å². The van der Waals surface area contributed by atoms with Crippen LogP contribution in [0, 0.1) is 17.1 Å². The summed E-state index contributed by atoms with van der Waals surface area (Å²) in [6, 6.07) is 9.09. The molecule has 84 valence electrons. The minimum absolute atomic E-state index is 0.138. The zero-order valence-corrected chi connectivity index (χ0v) is 9.64. The van der Waals surface area contributed by atoms with Gasteiger partial charge in [-0.05, 0) is 31.0 Å². The number of nitriles is 1. The zero-order valence-electron chi connectivity index (χ0n) is 8.82. The Hall–Kier alpha value is -1.05. The number of rotatable bonds is 5. The first kappa shape index (κ1) is 11.4. The van der Waals surface area contributed by atoms with Crippen LogP contribution in [0.2, 0.25) is 0 Å². The fourth-order valence-corrected chi connectivity index (χ4v) is 2.29. The molecule has 16 heavy (non-hydrogen) atoms. The van der Waals surface area contributed by atoms with Gasteiger partial charge in [-0.1, -0.05) is 6.07 Å². The zero-order chi connectivity index (χ0) is 11.4. The molecule has 1 aliphatic carbocycles. The molecule has 0 spiro atoms. The predicted octanol–water partition coefficient (Wildman–Crippen LogP) is 2.56. The van der Waals surface area contributed by atoms with E-state index in [9.17, 15) is 4.39 Å². The van der Waals surface area contributed by atoms with Crippen molar-refractivity contribution >= 4 is 11.8 Å². The first-order valence-electron chi connectivity index (χ1n) is 5.32. The molecule has 1 aliphatic rings. The topological polar surface area (TPSA) is 35.8 Å². The Labute approximate surface area is 98.8 Å². The lowest BCUT2D eigenvalue weighted by molar-refractivity contribution is 0.624. The first-order chi connectivity index (χ1) is 7.78. The fraction of sp³-hybridized carbons (Fsp3) is 0.417. The summed E-state index contributed by atoms with van der Waals surface area (Å²) in [5.74, 6) is 0.435. The number of hydrogen-bond donors (Lipinski definition) is 1. The van der Waals surface area contributed by atoms with E-state index >= 15 is 0 Å². The minimum Gasteiger partial charge on any atom is -0.298 e. The van der Waals surface area contributed by atoms with Crippen molar-refractivity contribution in [2.45, 2.75) is 29.8 Å². The number of halogens is 1. The average molecular weight is 236 g/mol. The Morgan fingerprint density at radius 3 is 3.00 bits per heavy atom. The van der Waals surface area contributed by atoms with Crippen LogP contribution in [0.15, 0.2) is 29.2 Å². The third-order valence-electron chi connectivity index (χ3n) is 2.38. The molecule has 0 saturated heterocycles. The third kappa shape index (κ3) is 3.51. The van der Waals surface area contributed by atoms with Crippen molar-refractivity contribution in [1.29, 1.82) is 5.26 Å². The third-order valence-corrected chi connectivity index (χ3v) is 3.47. The van der Waals surface area contributed by atoms with E-state index in [0.717, 1.165) is 4.90 Å². The van der Waals surface area contributed by atoms with Gasteiger partial charge in [0.15, 0.2) is 0 Å². The van der Waals surface area contributed by atoms with E-state index in [-0.39, 0.29) is 11.9 Å². The fourth-order valence-electron chi connectivity index (χ4n) is 1.39. The molecule has 1 aromatic carbocycles. The monoisotopic (exact) mass is 236 g/mol. The van der Waals surface area contributed by atoms with Gasteiger partial charge in [-0.2, -0.15) is 5.26 Å². The SMILES string of the molecule is N#CC(CSc1cccc(F)c1)NC1CC1. The number of nitrogens with zero attached hydrogens (tertiary/aromatic N) is 1. The molecule has 1 N–H and O–H groups in total. The smallest absolute Gasteiger partial charge is 0.124 e. The molecule has 2 rings (SSSR count). The Morgan fingerprint density at radius 1 is 1.56 bits per heavy atom. The largest absolute Gasteiger partial charge is 0.298 e. The van der Waals surface area contributed by atoms with Gasteiger partial charge < -0.3 is 0 Å². The van der Waals surface area contributed by atoms with Gasteiger partial charge in [0, 0.05) is 16.7 Å². The molecule has 0 radical (unpaired) electrons. The molecule has 4 heteroatoms. The summed E-state index contributed by atoms with van der Waals surface area (Å²) in [4.78, 5) is 0.873. The molecule has 0 aromatic heterocycles. The molecular formula is C12H13FN2S. The summed E-state index contributed by atoms with van der Waals surface area (Å²) >= 11 is 1.51. The highest BCUT2D eigenvalue weighted by atomic mass is 32.2. The standard InChI is InChI=1S/C12H13FN2S/c13-9-2-1-3-12(6-9)16-8-11(7-14)15-10-4-5-10/h1-3,6,10-11,15H,4-5,8H2. The maximum atomic E-state index is 12.9. The molecule has 2 nitrogen and oxygen atoms in total. The Kier molecular flexibility index (Phi) is 3.81. The molecule has 0 aliphatic heterocycles. The molecular weight excluding hydrogens is 223 g/mol. The Bertz CT molecular complexity index is 398. The van der Waals surface area contributed by atoms with E-state index in [1.807, 2.05) is 6.07 Å². The maximum absolute atomic E-state index is 12.9. The van der Waals surface area contributed by atoms with Crippen LogP contribution in [0.4, 0.5) is 4.39 Å². The summed E-state index contributed by atoms with van der Waals surface area (Å²) in [5, 5.41) is 12.2. The first-order valence-corrected chi connectivity index (χ1v) is 6.30. The van der Waals surface area contributed by atoms with Crippen LogP contribution in [0.25, 0.3) is 0 Å². The molecule has 1 saturated carbocycles. The highest BCUT2D eigenvalue weighted by Gasteiger charge is 2.24. The summed E-state index contributed by atoms with van der Waals surface area (Å²) in [6.45, 7) is 0. The number of hydrogen-bond acceptors (Lipinski definition) is 3. The predicted molar refractivity (Wildman–Crippen MR) is 62.7 cm³/mol. The van der Waals surface area contributed by atoms with E-state index in [1.54, 1.807) is 6.07 Å². The average Bonchev–Trinajstić information content (AvgIpc) is 3.08. The quantitative estimate of drug-likeness (QED) is 0.798. The van der Waals surface area contributed by atoms with Gasteiger partial charge in [0.2, 0.25) is 0 Å². The van der Waals surface area contributed by atoms with Gasteiger partial charge in [-0.3, -0.25) is 5.32 Å². The second-order valence-corrected chi connectivity index (χ2v) is 4.98. The van der Waals surface area contributed by atoms with Gasteiger partial charge in [0.05, 0.1) is 6.07 Å². The molecule has 1 atom stereocenters. The van der Waals surface area contributed by atoms with E-state index in [2.05, 4.69) is 11.4 Å². The van der Waals surface area contributed by atoms with Crippen molar-refractivity contribution in [3.8, 4) is 6.07 Å². The van der Waals surface area contributed by atoms with Crippen molar-refractivity contribution < 1.29 is 4.39 Å². The summed E-state index contributed by atoms with van der Waals surface area (Å²) < 4.78 is 12.9. The lowest BCUT2D eigenvalue weighted by Crippen LogP contribution is -2.31. The van der Waals surface area contributed by atoms with Crippen LogP contribution in [0.1, 0.15) is 12.8 Å².